The van der Waals surface area contributed by atoms with Gasteiger partial charge in [-0.1, -0.05) is 42.5 Å². The molecule has 2 aromatic rings. The first-order valence-electron chi connectivity index (χ1n) is 6.38. The fourth-order valence-corrected chi connectivity index (χ4v) is 2.52. The van der Waals surface area contributed by atoms with Gasteiger partial charge in [-0.25, -0.2) is 0 Å². The molecule has 96 valence electrons. The van der Waals surface area contributed by atoms with E-state index in [9.17, 15) is 5.11 Å². The van der Waals surface area contributed by atoms with E-state index in [2.05, 4.69) is 12.1 Å². The molecule has 1 aliphatic rings. The molecule has 0 aliphatic heterocycles. The third-order valence-corrected chi connectivity index (χ3v) is 3.56. The van der Waals surface area contributed by atoms with Gasteiger partial charge in [-0.15, -0.1) is 0 Å². The Balaban J connectivity index is 1.89. The van der Waals surface area contributed by atoms with Crippen molar-refractivity contribution in [2.45, 2.75) is 12.5 Å². The van der Waals surface area contributed by atoms with Crippen LogP contribution in [0.1, 0.15) is 22.8 Å². The standard InChI is InChI=1S/C17H16O2/c1-19-15-8-6-12(7-9-15)10-14-11-13-4-2-3-5-16(13)17(14)18/h2-10,17-18H,11H2,1H3. The number of hydrogen-bond acceptors (Lipinski definition) is 2. The number of rotatable bonds is 2. The van der Waals surface area contributed by atoms with Gasteiger partial charge in [-0.2, -0.15) is 0 Å². The van der Waals surface area contributed by atoms with Gasteiger partial charge in [0.15, 0.2) is 0 Å². The molecule has 0 fully saturated rings. The van der Waals surface area contributed by atoms with Crippen LogP contribution in [0.15, 0.2) is 54.1 Å². The Morgan fingerprint density at radius 3 is 2.53 bits per heavy atom. The lowest BCUT2D eigenvalue weighted by molar-refractivity contribution is 0.222. The Bertz CT molecular complexity index is 611. The predicted molar refractivity (Wildman–Crippen MR) is 76.1 cm³/mol. The molecule has 0 bridgehead atoms. The van der Waals surface area contributed by atoms with Gasteiger partial charge < -0.3 is 9.84 Å². The van der Waals surface area contributed by atoms with Crippen molar-refractivity contribution in [1.29, 1.82) is 0 Å². The van der Waals surface area contributed by atoms with E-state index >= 15 is 0 Å². The van der Waals surface area contributed by atoms with Gasteiger partial charge in [0.2, 0.25) is 0 Å². The first-order chi connectivity index (χ1) is 9.28. The van der Waals surface area contributed by atoms with Crippen molar-refractivity contribution in [2.75, 3.05) is 7.11 Å². The summed E-state index contributed by atoms with van der Waals surface area (Å²) < 4.78 is 5.14. The number of methoxy groups -OCH3 is 1. The van der Waals surface area contributed by atoms with Crippen molar-refractivity contribution in [1.82, 2.24) is 0 Å². The van der Waals surface area contributed by atoms with E-state index in [1.165, 1.54) is 5.56 Å². The summed E-state index contributed by atoms with van der Waals surface area (Å²) in [6.45, 7) is 0. The second kappa shape index (κ2) is 4.90. The van der Waals surface area contributed by atoms with Gasteiger partial charge in [-0.3, -0.25) is 0 Å². The zero-order valence-electron chi connectivity index (χ0n) is 10.8. The van der Waals surface area contributed by atoms with E-state index in [1.54, 1.807) is 7.11 Å². The Kier molecular flexibility index (Phi) is 3.10. The Morgan fingerprint density at radius 1 is 1.11 bits per heavy atom. The maximum absolute atomic E-state index is 10.3. The summed E-state index contributed by atoms with van der Waals surface area (Å²) in [5.74, 6) is 0.845. The smallest absolute Gasteiger partial charge is 0.118 e. The molecule has 2 nitrogen and oxygen atoms in total. The van der Waals surface area contributed by atoms with Crippen LogP contribution in [0.3, 0.4) is 0 Å². The first kappa shape index (κ1) is 12.0. The van der Waals surface area contributed by atoms with E-state index in [0.717, 1.165) is 28.9 Å². The molecule has 2 aromatic carbocycles. The number of hydrogen-bond donors (Lipinski definition) is 1. The molecule has 0 heterocycles. The lowest BCUT2D eigenvalue weighted by Crippen LogP contribution is -1.93. The fourth-order valence-electron chi connectivity index (χ4n) is 2.52. The Hall–Kier alpha value is -2.06. The maximum atomic E-state index is 10.3. The molecular weight excluding hydrogens is 236 g/mol. The average molecular weight is 252 g/mol. The van der Waals surface area contributed by atoms with Gasteiger partial charge >= 0.3 is 0 Å². The van der Waals surface area contributed by atoms with Gasteiger partial charge in [0, 0.05) is 0 Å². The topological polar surface area (TPSA) is 29.5 Å². The van der Waals surface area contributed by atoms with Gasteiger partial charge in [0.1, 0.15) is 11.9 Å². The molecule has 19 heavy (non-hydrogen) atoms. The van der Waals surface area contributed by atoms with Crippen LogP contribution in [0.2, 0.25) is 0 Å². The summed E-state index contributed by atoms with van der Waals surface area (Å²) in [5, 5.41) is 10.3. The third kappa shape index (κ3) is 2.27. The van der Waals surface area contributed by atoms with Crippen LogP contribution < -0.4 is 4.74 Å². The molecule has 0 radical (unpaired) electrons. The monoisotopic (exact) mass is 252 g/mol. The number of aliphatic hydroxyl groups excluding tert-OH is 1. The third-order valence-electron chi connectivity index (χ3n) is 3.56. The van der Waals surface area contributed by atoms with E-state index in [-0.39, 0.29) is 0 Å². The van der Waals surface area contributed by atoms with Gasteiger partial charge in [0.25, 0.3) is 0 Å². The minimum atomic E-state index is -0.474. The number of fused-ring (bicyclic) bond motifs is 1. The summed E-state index contributed by atoms with van der Waals surface area (Å²) >= 11 is 0. The highest BCUT2D eigenvalue weighted by Gasteiger charge is 2.24. The van der Waals surface area contributed by atoms with Crippen LogP contribution in [0.4, 0.5) is 0 Å². The summed E-state index contributed by atoms with van der Waals surface area (Å²) in [6, 6.07) is 15.9. The minimum absolute atomic E-state index is 0.474. The van der Waals surface area contributed by atoms with Crippen molar-refractivity contribution >= 4 is 6.08 Å². The molecule has 3 rings (SSSR count). The highest BCUT2D eigenvalue weighted by Crippen LogP contribution is 2.36. The molecule has 0 aromatic heterocycles. The molecule has 1 unspecified atom stereocenters. The van der Waals surface area contributed by atoms with Crippen LogP contribution in [-0.2, 0) is 6.42 Å². The van der Waals surface area contributed by atoms with Crippen molar-refractivity contribution < 1.29 is 9.84 Å². The molecule has 1 aliphatic carbocycles. The van der Waals surface area contributed by atoms with Crippen LogP contribution in [0, 0.1) is 0 Å². The molecule has 1 N–H and O–H groups in total. The number of aliphatic hydroxyl groups is 1. The summed E-state index contributed by atoms with van der Waals surface area (Å²) in [5.41, 5.74) is 4.38. The summed E-state index contributed by atoms with van der Waals surface area (Å²) in [6.07, 6.45) is 2.41. The molecule has 0 saturated heterocycles. The largest absolute Gasteiger partial charge is 0.497 e. The van der Waals surface area contributed by atoms with Crippen LogP contribution in [0.5, 0.6) is 5.75 Å². The summed E-state index contributed by atoms with van der Waals surface area (Å²) in [4.78, 5) is 0. The van der Waals surface area contributed by atoms with Crippen molar-refractivity contribution in [3.63, 3.8) is 0 Å². The SMILES string of the molecule is COc1ccc(C=C2Cc3ccccc3C2O)cc1. The van der Waals surface area contributed by atoms with Crippen molar-refractivity contribution in [3.05, 3.63) is 70.8 Å². The lowest BCUT2D eigenvalue weighted by atomic mass is 10.1. The van der Waals surface area contributed by atoms with Crippen LogP contribution in [-0.4, -0.2) is 12.2 Å². The van der Waals surface area contributed by atoms with Gasteiger partial charge in [-0.05, 0) is 40.8 Å². The maximum Gasteiger partial charge on any atom is 0.118 e. The zero-order chi connectivity index (χ0) is 13.2. The second-order valence-electron chi connectivity index (χ2n) is 4.77. The quantitative estimate of drug-likeness (QED) is 0.888. The molecular formula is C17H16O2. The lowest BCUT2D eigenvalue weighted by Gasteiger charge is -2.06. The highest BCUT2D eigenvalue weighted by molar-refractivity contribution is 5.60. The van der Waals surface area contributed by atoms with Gasteiger partial charge in [0.05, 0.1) is 7.11 Å². The predicted octanol–water partition coefficient (Wildman–Crippen LogP) is 3.37. The fraction of sp³-hybridized carbons (Fsp3) is 0.176. The molecule has 1 atom stereocenters. The van der Waals surface area contributed by atoms with E-state index < -0.39 is 6.10 Å². The summed E-state index contributed by atoms with van der Waals surface area (Å²) in [7, 11) is 1.66. The number of ether oxygens (including phenoxy) is 1. The van der Waals surface area contributed by atoms with E-state index in [4.69, 9.17) is 4.74 Å². The van der Waals surface area contributed by atoms with E-state index in [0.29, 0.717) is 0 Å². The highest BCUT2D eigenvalue weighted by atomic mass is 16.5. The molecule has 0 spiro atoms. The van der Waals surface area contributed by atoms with E-state index in [1.807, 2.05) is 42.5 Å². The minimum Gasteiger partial charge on any atom is -0.497 e. The zero-order valence-corrected chi connectivity index (χ0v) is 10.8. The average Bonchev–Trinajstić information content (AvgIpc) is 2.77. The first-order valence-corrected chi connectivity index (χ1v) is 6.38. The Labute approximate surface area is 113 Å². The van der Waals surface area contributed by atoms with Crippen molar-refractivity contribution in [2.24, 2.45) is 0 Å². The molecule has 2 heteroatoms. The van der Waals surface area contributed by atoms with Crippen LogP contribution in [0.25, 0.3) is 6.08 Å². The van der Waals surface area contributed by atoms with Crippen molar-refractivity contribution in [3.8, 4) is 5.75 Å². The van der Waals surface area contributed by atoms with Crippen LogP contribution >= 0.6 is 0 Å². The molecule has 0 amide bonds. The number of benzene rings is 2. The molecule has 0 saturated carbocycles. The second-order valence-corrected chi connectivity index (χ2v) is 4.77. The Morgan fingerprint density at radius 2 is 1.84 bits per heavy atom. The normalized spacial score (nSPS) is 19.5.